The van der Waals surface area contributed by atoms with Crippen LogP contribution in [-0.2, 0) is 7.05 Å². The summed E-state index contributed by atoms with van der Waals surface area (Å²) in [5.74, 6) is 0.856. The molecule has 0 atom stereocenters. The van der Waals surface area contributed by atoms with Crippen molar-refractivity contribution in [2.75, 3.05) is 5.32 Å². The minimum Gasteiger partial charge on any atom is -0.424 e. The van der Waals surface area contributed by atoms with Gasteiger partial charge in [-0.3, -0.25) is 5.32 Å². The molecule has 0 bridgehead atoms. The maximum atomic E-state index is 13.3. The fourth-order valence-corrected chi connectivity index (χ4v) is 2.15. The largest absolute Gasteiger partial charge is 0.424 e. The Labute approximate surface area is 126 Å². The lowest BCUT2D eigenvalue weighted by atomic mass is 10.3. The van der Waals surface area contributed by atoms with Gasteiger partial charge >= 0.3 is 6.01 Å². The molecular weight excluding hydrogens is 283 g/mol. The normalized spacial score (nSPS) is 11.4. The van der Waals surface area contributed by atoms with Crippen LogP contribution in [0.25, 0.3) is 17.1 Å². The first-order valence-electron chi connectivity index (χ1n) is 6.74. The fraction of sp³-hybridized carbons (Fsp3) is 0.125. The van der Waals surface area contributed by atoms with Crippen molar-refractivity contribution >= 4 is 29.1 Å². The predicted octanol–water partition coefficient (Wildman–Crippen LogP) is 3.95. The van der Waals surface area contributed by atoms with Crippen LogP contribution in [0.3, 0.4) is 0 Å². The second-order valence-electron chi connectivity index (χ2n) is 4.82. The Hall–Kier alpha value is -2.89. The summed E-state index contributed by atoms with van der Waals surface area (Å²) in [7, 11) is 1.84. The number of halogens is 1. The third-order valence-corrected chi connectivity index (χ3v) is 3.28. The third-order valence-electron chi connectivity index (χ3n) is 3.28. The highest BCUT2D eigenvalue weighted by molar-refractivity contribution is 5.79. The van der Waals surface area contributed by atoms with E-state index in [9.17, 15) is 4.39 Å². The Bertz CT molecular complexity index is 876. The monoisotopic (exact) mass is 298 g/mol. The van der Waals surface area contributed by atoms with E-state index < -0.39 is 0 Å². The average molecular weight is 298 g/mol. The first kappa shape index (κ1) is 14.1. The number of hydrogen-bond acceptors (Lipinski definition) is 4. The van der Waals surface area contributed by atoms with Gasteiger partial charge in [0.2, 0.25) is 5.95 Å². The summed E-state index contributed by atoms with van der Waals surface area (Å²) in [6.45, 7) is 5.46. The van der Waals surface area contributed by atoms with Crippen LogP contribution in [0.5, 0.6) is 0 Å². The van der Waals surface area contributed by atoms with Crippen LogP contribution >= 0.6 is 0 Å². The topological polar surface area (TPSA) is 55.9 Å². The number of nitrogens with zero attached hydrogens (tertiary/aromatic N) is 3. The van der Waals surface area contributed by atoms with Gasteiger partial charge in [-0.1, -0.05) is 18.7 Å². The highest BCUT2D eigenvalue weighted by atomic mass is 19.1. The number of allylic oxidation sites excluding steroid dienone is 2. The molecule has 2 aromatic heterocycles. The minimum absolute atomic E-state index is 0.319. The van der Waals surface area contributed by atoms with Crippen molar-refractivity contribution in [2.24, 2.45) is 7.05 Å². The second kappa shape index (κ2) is 5.48. The van der Waals surface area contributed by atoms with Gasteiger partial charge in [0.1, 0.15) is 5.82 Å². The molecule has 0 fully saturated rings. The van der Waals surface area contributed by atoms with Gasteiger partial charge in [0, 0.05) is 13.1 Å². The fourth-order valence-electron chi connectivity index (χ4n) is 2.15. The van der Waals surface area contributed by atoms with Crippen LogP contribution in [-0.4, -0.2) is 14.5 Å². The summed E-state index contributed by atoms with van der Waals surface area (Å²) in [6.07, 6.45) is 5.22. The second-order valence-corrected chi connectivity index (χ2v) is 4.82. The van der Waals surface area contributed by atoms with Crippen molar-refractivity contribution in [3.63, 3.8) is 0 Å². The van der Waals surface area contributed by atoms with E-state index in [-0.39, 0.29) is 5.82 Å². The van der Waals surface area contributed by atoms with Crippen LogP contribution < -0.4 is 5.32 Å². The molecule has 1 aromatic carbocycles. The Balaban J connectivity index is 1.94. The van der Waals surface area contributed by atoms with Crippen LogP contribution in [0.1, 0.15) is 11.5 Å². The van der Waals surface area contributed by atoms with E-state index in [0.29, 0.717) is 23.2 Å². The van der Waals surface area contributed by atoms with E-state index in [4.69, 9.17) is 4.42 Å². The Morgan fingerprint density at radius 2 is 2.18 bits per heavy atom. The van der Waals surface area contributed by atoms with Crippen molar-refractivity contribution in [1.82, 2.24) is 14.5 Å². The summed E-state index contributed by atoms with van der Waals surface area (Å²) in [6, 6.07) is 4.81. The minimum atomic E-state index is -0.319. The zero-order valence-electron chi connectivity index (χ0n) is 12.3. The van der Waals surface area contributed by atoms with E-state index in [2.05, 4.69) is 21.9 Å². The number of fused-ring (bicyclic) bond motifs is 1. The molecule has 3 aromatic rings. The highest BCUT2D eigenvalue weighted by Gasteiger charge is 2.12. The lowest BCUT2D eigenvalue weighted by Gasteiger charge is -2.01. The van der Waals surface area contributed by atoms with Gasteiger partial charge in [-0.05, 0) is 25.1 Å². The molecular formula is C16H15FN4O. The number of benzene rings is 1. The molecule has 2 heterocycles. The smallest absolute Gasteiger partial charge is 0.302 e. The summed E-state index contributed by atoms with van der Waals surface area (Å²) in [5, 5.41) is 3.01. The van der Waals surface area contributed by atoms with Crippen LogP contribution in [0, 0.1) is 12.7 Å². The van der Waals surface area contributed by atoms with Gasteiger partial charge < -0.3 is 8.98 Å². The van der Waals surface area contributed by atoms with Crippen molar-refractivity contribution in [1.29, 1.82) is 0 Å². The first-order chi connectivity index (χ1) is 10.6. The van der Waals surface area contributed by atoms with Gasteiger partial charge in [0.25, 0.3) is 0 Å². The number of aromatic nitrogens is 3. The van der Waals surface area contributed by atoms with E-state index in [1.807, 2.05) is 18.5 Å². The molecule has 0 saturated heterocycles. The molecule has 0 amide bonds. The first-order valence-corrected chi connectivity index (χ1v) is 6.74. The SMILES string of the molecule is C=C/C=C\c1oc(Nc2nc3cc(F)ccc3n2C)nc1C. The van der Waals surface area contributed by atoms with Crippen molar-refractivity contribution < 1.29 is 8.81 Å². The number of hydrogen-bond donors (Lipinski definition) is 1. The van der Waals surface area contributed by atoms with Crippen LogP contribution in [0.4, 0.5) is 16.4 Å². The van der Waals surface area contributed by atoms with Gasteiger partial charge in [0.15, 0.2) is 5.76 Å². The number of anilines is 2. The Kier molecular flexibility index (Phi) is 3.50. The van der Waals surface area contributed by atoms with Gasteiger partial charge in [-0.25, -0.2) is 9.37 Å². The number of aryl methyl sites for hydroxylation is 2. The molecule has 3 rings (SSSR count). The standard InChI is InChI=1S/C16H15FN4O/c1-4-5-6-14-10(2)18-16(22-14)20-15-19-12-9-11(17)7-8-13(12)21(15)3/h4-9H,1H2,2-3H3,(H,18,19,20)/b6-5-. The summed E-state index contributed by atoms with van der Waals surface area (Å²) in [4.78, 5) is 8.64. The number of imidazole rings is 1. The maximum absolute atomic E-state index is 13.3. The zero-order chi connectivity index (χ0) is 15.7. The summed E-state index contributed by atoms with van der Waals surface area (Å²) < 4.78 is 20.7. The molecule has 0 radical (unpaired) electrons. The maximum Gasteiger partial charge on any atom is 0.302 e. The van der Waals surface area contributed by atoms with Crippen LogP contribution in [0.15, 0.2) is 41.3 Å². The lowest BCUT2D eigenvalue weighted by molar-refractivity contribution is 0.565. The molecule has 0 spiro atoms. The molecule has 0 aliphatic carbocycles. The number of oxazole rings is 1. The molecule has 112 valence electrons. The molecule has 22 heavy (non-hydrogen) atoms. The van der Waals surface area contributed by atoms with E-state index >= 15 is 0 Å². The average Bonchev–Trinajstić information content (AvgIpc) is 2.98. The molecule has 1 N–H and O–H groups in total. The van der Waals surface area contributed by atoms with Crippen molar-refractivity contribution in [2.45, 2.75) is 6.92 Å². The zero-order valence-corrected chi connectivity index (χ0v) is 12.3. The van der Waals surface area contributed by atoms with Gasteiger partial charge in [0.05, 0.1) is 16.7 Å². The lowest BCUT2D eigenvalue weighted by Crippen LogP contribution is -1.99. The molecule has 5 nitrogen and oxygen atoms in total. The summed E-state index contributed by atoms with van der Waals surface area (Å²) in [5.41, 5.74) is 2.14. The molecule has 0 aliphatic rings. The quantitative estimate of drug-likeness (QED) is 0.741. The highest BCUT2D eigenvalue weighted by Crippen LogP contribution is 2.23. The molecule has 0 saturated carbocycles. The van der Waals surface area contributed by atoms with Crippen molar-refractivity contribution in [3.8, 4) is 0 Å². The Morgan fingerprint density at radius 3 is 2.95 bits per heavy atom. The molecule has 6 heteroatoms. The number of nitrogens with one attached hydrogen (secondary N) is 1. The van der Waals surface area contributed by atoms with Crippen molar-refractivity contribution in [3.05, 3.63) is 54.2 Å². The predicted molar refractivity (Wildman–Crippen MR) is 84.4 cm³/mol. The molecule has 0 unspecified atom stereocenters. The van der Waals surface area contributed by atoms with E-state index in [1.54, 1.807) is 24.3 Å². The third kappa shape index (κ3) is 2.50. The number of rotatable bonds is 4. The van der Waals surface area contributed by atoms with E-state index in [1.165, 1.54) is 12.1 Å². The molecule has 0 aliphatic heterocycles. The van der Waals surface area contributed by atoms with Gasteiger partial charge in [-0.2, -0.15) is 4.98 Å². The van der Waals surface area contributed by atoms with E-state index in [0.717, 1.165) is 11.2 Å². The summed E-state index contributed by atoms with van der Waals surface area (Å²) >= 11 is 0. The van der Waals surface area contributed by atoms with Gasteiger partial charge in [-0.15, -0.1) is 0 Å². The Morgan fingerprint density at radius 1 is 1.36 bits per heavy atom. The van der Waals surface area contributed by atoms with Crippen LogP contribution in [0.2, 0.25) is 0 Å².